The molecule has 1 aliphatic rings. The smallest absolute Gasteiger partial charge is 0.407 e. The SMILES string of the molecule is CC(C)(C)OC(=O)NC1CC(NCc2cnn(CCO)c2)C1. The Morgan fingerprint density at radius 1 is 1.45 bits per heavy atom. The molecule has 124 valence electrons. The normalized spacial score (nSPS) is 21.3. The Balaban J connectivity index is 1.62. The molecule has 0 radical (unpaired) electrons. The first kappa shape index (κ1) is 16.8. The lowest BCUT2D eigenvalue weighted by Gasteiger charge is -2.36. The van der Waals surface area contributed by atoms with Crippen LogP contribution in [0.3, 0.4) is 0 Å². The van der Waals surface area contributed by atoms with Gasteiger partial charge in [-0.2, -0.15) is 5.10 Å². The second kappa shape index (κ2) is 7.11. The Kier molecular flexibility index (Phi) is 5.42. The highest BCUT2D eigenvalue weighted by Gasteiger charge is 2.31. The molecule has 0 saturated heterocycles. The van der Waals surface area contributed by atoms with Gasteiger partial charge in [0.25, 0.3) is 0 Å². The van der Waals surface area contributed by atoms with Crippen molar-refractivity contribution in [2.75, 3.05) is 6.61 Å². The average molecular weight is 310 g/mol. The number of nitrogens with zero attached hydrogens (tertiary/aromatic N) is 2. The predicted octanol–water partition coefficient (Wildman–Crippen LogP) is 1.02. The molecule has 0 aliphatic heterocycles. The lowest BCUT2D eigenvalue weighted by Crippen LogP contribution is -2.52. The average Bonchev–Trinajstić information content (AvgIpc) is 2.78. The van der Waals surface area contributed by atoms with Gasteiger partial charge in [0.15, 0.2) is 0 Å². The van der Waals surface area contributed by atoms with Crippen LogP contribution in [0.2, 0.25) is 0 Å². The molecule has 0 aromatic carbocycles. The quantitative estimate of drug-likeness (QED) is 0.730. The van der Waals surface area contributed by atoms with Crippen molar-refractivity contribution in [2.24, 2.45) is 0 Å². The van der Waals surface area contributed by atoms with Gasteiger partial charge in [0.05, 0.1) is 19.3 Å². The minimum Gasteiger partial charge on any atom is -0.444 e. The molecular formula is C15H26N4O3. The van der Waals surface area contributed by atoms with E-state index in [1.807, 2.05) is 27.0 Å². The molecule has 22 heavy (non-hydrogen) atoms. The standard InChI is InChI=1S/C15H26N4O3/c1-15(2,3)22-14(21)18-13-6-12(7-13)16-8-11-9-17-19(10-11)4-5-20/h9-10,12-13,16,20H,4-8H2,1-3H3,(H,18,21). The van der Waals surface area contributed by atoms with E-state index in [0.29, 0.717) is 12.6 Å². The number of carbonyl (C=O) groups is 1. The van der Waals surface area contributed by atoms with Gasteiger partial charge in [0.2, 0.25) is 0 Å². The van der Waals surface area contributed by atoms with Crippen LogP contribution in [0.4, 0.5) is 4.79 Å². The lowest BCUT2D eigenvalue weighted by atomic mass is 9.87. The van der Waals surface area contributed by atoms with E-state index in [1.165, 1.54) is 0 Å². The fourth-order valence-electron chi connectivity index (χ4n) is 2.36. The first-order valence-electron chi connectivity index (χ1n) is 7.71. The van der Waals surface area contributed by atoms with Crippen molar-refractivity contribution in [3.63, 3.8) is 0 Å². The molecule has 0 unspecified atom stereocenters. The summed E-state index contributed by atoms with van der Waals surface area (Å²) < 4.78 is 6.96. The highest BCUT2D eigenvalue weighted by molar-refractivity contribution is 5.68. The van der Waals surface area contributed by atoms with E-state index in [1.54, 1.807) is 10.9 Å². The van der Waals surface area contributed by atoms with Crippen LogP contribution in [-0.4, -0.2) is 45.3 Å². The Hall–Kier alpha value is -1.60. The molecule has 1 aromatic rings. The van der Waals surface area contributed by atoms with Gasteiger partial charge in [-0.25, -0.2) is 4.79 Å². The van der Waals surface area contributed by atoms with Crippen LogP contribution in [0, 0.1) is 0 Å². The Morgan fingerprint density at radius 3 is 2.82 bits per heavy atom. The van der Waals surface area contributed by atoms with Crippen LogP contribution >= 0.6 is 0 Å². The molecule has 0 bridgehead atoms. The molecule has 7 heteroatoms. The van der Waals surface area contributed by atoms with Crippen molar-refractivity contribution in [3.05, 3.63) is 18.0 Å². The van der Waals surface area contributed by atoms with Gasteiger partial charge >= 0.3 is 6.09 Å². The number of rotatable bonds is 6. The molecule has 0 spiro atoms. The number of nitrogens with one attached hydrogen (secondary N) is 2. The summed E-state index contributed by atoms with van der Waals surface area (Å²) in [5, 5.41) is 19.3. The molecule has 0 atom stereocenters. The maximum absolute atomic E-state index is 11.6. The van der Waals surface area contributed by atoms with Crippen LogP contribution in [0.25, 0.3) is 0 Å². The van der Waals surface area contributed by atoms with Gasteiger partial charge in [-0.05, 0) is 33.6 Å². The molecule has 1 amide bonds. The molecule has 2 rings (SSSR count). The zero-order valence-electron chi connectivity index (χ0n) is 13.5. The summed E-state index contributed by atoms with van der Waals surface area (Å²) in [6, 6.07) is 0.589. The van der Waals surface area contributed by atoms with Crippen molar-refractivity contribution >= 4 is 6.09 Å². The second-order valence-electron chi connectivity index (χ2n) is 6.73. The van der Waals surface area contributed by atoms with Gasteiger partial charge in [0.1, 0.15) is 5.60 Å². The summed E-state index contributed by atoms with van der Waals surface area (Å²) in [6.07, 6.45) is 5.20. The molecule has 3 N–H and O–H groups in total. The van der Waals surface area contributed by atoms with Crippen molar-refractivity contribution in [1.82, 2.24) is 20.4 Å². The summed E-state index contributed by atoms with van der Waals surface area (Å²) in [4.78, 5) is 11.6. The van der Waals surface area contributed by atoms with Crippen LogP contribution in [0.15, 0.2) is 12.4 Å². The van der Waals surface area contributed by atoms with Crippen molar-refractivity contribution < 1.29 is 14.6 Å². The van der Waals surface area contributed by atoms with E-state index in [4.69, 9.17) is 9.84 Å². The molecule has 1 aliphatic carbocycles. The Morgan fingerprint density at radius 2 is 2.18 bits per heavy atom. The third-order valence-corrected chi connectivity index (χ3v) is 3.47. The summed E-state index contributed by atoms with van der Waals surface area (Å²) in [5.41, 5.74) is 0.636. The number of hydrogen-bond donors (Lipinski definition) is 3. The Bertz CT molecular complexity index is 489. The number of aromatic nitrogens is 2. The topological polar surface area (TPSA) is 88.4 Å². The number of alkyl carbamates (subject to hydrolysis) is 1. The summed E-state index contributed by atoms with van der Waals surface area (Å²) in [6.45, 7) is 6.92. The van der Waals surface area contributed by atoms with Gasteiger partial charge in [-0.15, -0.1) is 0 Å². The molecule has 1 aromatic heterocycles. The fraction of sp³-hybridized carbons (Fsp3) is 0.733. The van der Waals surface area contributed by atoms with Crippen molar-refractivity contribution in [1.29, 1.82) is 0 Å². The Labute approximate surface area is 131 Å². The highest BCUT2D eigenvalue weighted by atomic mass is 16.6. The highest BCUT2D eigenvalue weighted by Crippen LogP contribution is 2.21. The number of aliphatic hydroxyl groups is 1. The van der Waals surface area contributed by atoms with E-state index in [2.05, 4.69) is 15.7 Å². The molecule has 1 fully saturated rings. The van der Waals surface area contributed by atoms with Crippen molar-refractivity contribution in [3.8, 4) is 0 Å². The van der Waals surface area contributed by atoms with E-state index in [0.717, 1.165) is 24.9 Å². The summed E-state index contributed by atoms with van der Waals surface area (Å²) in [5.74, 6) is 0. The molecule has 1 saturated carbocycles. The lowest BCUT2D eigenvalue weighted by molar-refractivity contribution is 0.0465. The van der Waals surface area contributed by atoms with Crippen LogP contribution in [0.1, 0.15) is 39.2 Å². The van der Waals surface area contributed by atoms with Crippen LogP contribution in [0.5, 0.6) is 0 Å². The third-order valence-electron chi connectivity index (χ3n) is 3.47. The maximum Gasteiger partial charge on any atom is 0.407 e. The first-order chi connectivity index (χ1) is 10.4. The fourth-order valence-corrected chi connectivity index (χ4v) is 2.36. The van der Waals surface area contributed by atoms with E-state index in [-0.39, 0.29) is 18.7 Å². The first-order valence-corrected chi connectivity index (χ1v) is 7.71. The number of ether oxygens (including phenoxy) is 1. The summed E-state index contributed by atoms with van der Waals surface area (Å²) in [7, 11) is 0. The van der Waals surface area contributed by atoms with Crippen LogP contribution in [-0.2, 0) is 17.8 Å². The zero-order chi connectivity index (χ0) is 16.2. The van der Waals surface area contributed by atoms with E-state index >= 15 is 0 Å². The zero-order valence-corrected chi connectivity index (χ0v) is 13.5. The van der Waals surface area contributed by atoms with E-state index in [9.17, 15) is 4.79 Å². The second-order valence-corrected chi connectivity index (χ2v) is 6.73. The number of hydrogen-bond acceptors (Lipinski definition) is 5. The van der Waals surface area contributed by atoms with Gasteiger partial charge in [-0.1, -0.05) is 0 Å². The number of carbonyl (C=O) groups excluding carboxylic acids is 1. The van der Waals surface area contributed by atoms with E-state index < -0.39 is 5.60 Å². The minimum absolute atomic E-state index is 0.0924. The minimum atomic E-state index is -0.458. The van der Waals surface area contributed by atoms with Gasteiger partial charge in [-0.3, -0.25) is 4.68 Å². The molecule has 7 nitrogen and oxygen atoms in total. The predicted molar refractivity (Wildman–Crippen MR) is 82.3 cm³/mol. The van der Waals surface area contributed by atoms with Gasteiger partial charge < -0.3 is 20.5 Å². The maximum atomic E-state index is 11.6. The number of amides is 1. The van der Waals surface area contributed by atoms with Gasteiger partial charge in [0, 0.05) is 30.4 Å². The number of aliphatic hydroxyl groups excluding tert-OH is 1. The van der Waals surface area contributed by atoms with Crippen LogP contribution < -0.4 is 10.6 Å². The van der Waals surface area contributed by atoms with Crippen molar-refractivity contribution in [2.45, 2.75) is 64.4 Å². The molecular weight excluding hydrogens is 284 g/mol. The summed E-state index contributed by atoms with van der Waals surface area (Å²) >= 11 is 0. The monoisotopic (exact) mass is 310 g/mol. The third kappa shape index (κ3) is 5.31. The molecule has 1 heterocycles. The largest absolute Gasteiger partial charge is 0.444 e.